The molecule has 0 aliphatic carbocycles. The molecule has 0 aliphatic heterocycles. The molecule has 2 aromatic carbocycles. The highest BCUT2D eigenvalue weighted by Crippen LogP contribution is 2.21. The molecule has 0 fully saturated rings. The summed E-state index contributed by atoms with van der Waals surface area (Å²) in [4.78, 5) is 23.2. The Hall–Kier alpha value is -2.89. The molecule has 0 saturated carbocycles. The van der Waals surface area contributed by atoms with E-state index in [1.807, 2.05) is 0 Å². The summed E-state index contributed by atoms with van der Waals surface area (Å²) in [6.07, 6.45) is -0.265. The fourth-order valence-electron chi connectivity index (χ4n) is 2.11. The van der Waals surface area contributed by atoms with Gasteiger partial charge in [0, 0.05) is 5.56 Å². The van der Waals surface area contributed by atoms with Crippen molar-refractivity contribution in [2.45, 2.75) is 12.5 Å². The second-order valence-electron chi connectivity index (χ2n) is 4.90. The Labute approximate surface area is 132 Å². The molecule has 23 heavy (non-hydrogen) atoms. The van der Waals surface area contributed by atoms with Gasteiger partial charge < -0.3 is 15.2 Å². The molecule has 120 valence electrons. The van der Waals surface area contributed by atoms with Crippen molar-refractivity contribution in [3.63, 3.8) is 0 Å². The maximum absolute atomic E-state index is 12.9. The Morgan fingerprint density at radius 3 is 2.26 bits per heavy atom. The molecule has 6 heteroatoms. The van der Waals surface area contributed by atoms with Gasteiger partial charge in [0.1, 0.15) is 11.6 Å². The first-order valence-electron chi connectivity index (χ1n) is 6.92. The van der Waals surface area contributed by atoms with E-state index in [4.69, 9.17) is 9.84 Å². The number of halogens is 1. The molecule has 0 aliphatic rings. The standard InChI is InChI=1S/C17H16FNO4/c1-23-14-8-4-11(5-9-14)15(10-16(20)21)19-17(22)12-2-6-13(18)7-3-12/h2-9,15H,10H2,1H3,(H,19,22)(H,20,21). The lowest BCUT2D eigenvalue weighted by Crippen LogP contribution is -2.30. The summed E-state index contributed by atoms with van der Waals surface area (Å²) in [5, 5.41) is 11.7. The summed E-state index contributed by atoms with van der Waals surface area (Å²) in [6.45, 7) is 0. The van der Waals surface area contributed by atoms with Crippen molar-refractivity contribution in [1.82, 2.24) is 5.32 Å². The number of amides is 1. The van der Waals surface area contributed by atoms with Crippen LogP contribution in [0.4, 0.5) is 4.39 Å². The first-order chi connectivity index (χ1) is 11.0. The first-order valence-corrected chi connectivity index (χ1v) is 6.92. The number of hydrogen-bond acceptors (Lipinski definition) is 3. The Kier molecular flexibility index (Phi) is 5.30. The van der Waals surface area contributed by atoms with Crippen LogP contribution < -0.4 is 10.1 Å². The number of benzene rings is 2. The lowest BCUT2D eigenvalue weighted by atomic mass is 10.0. The van der Waals surface area contributed by atoms with Gasteiger partial charge in [-0.3, -0.25) is 9.59 Å². The molecule has 0 heterocycles. The van der Waals surface area contributed by atoms with Crippen LogP contribution in [0.1, 0.15) is 28.4 Å². The van der Waals surface area contributed by atoms with Crippen molar-refractivity contribution < 1.29 is 23.8 Å². The molecule has 0 spiro atoms. The summed E-state index contributed by atoms with van der Waals surface area (Å²) in [6, 6.07) is 11.1. The highest BCUT2D eigenvalue weighted by Gasteiger charge is 2.19. The highest BCUT2D eigenvalue weighted by atomic mass is 19.1. The molecule has 0 saturated heterocycles. The zero-order valence-electron chi connectivity index (χ0n) is 12.5. The largest absolute Gasteiger partial charge is 0.497 e. The van der Waals surface area contributed by atoms with Gasteiger partial charge in [0.2, 0.25) is 0 Å². The number of carboxylic acids is 1. The Morgan fingerprint density at radius 2 is 1.74 bits per heavy atom. The number of aliphatic carboxylic acids is 1. The zero-order valence-corrected chi connectivity index (χ0v) is 12.5. The van der Waals surface area contributed by atoms with E-state index in [0.29, 0.717) is 11.3 Å². The van der Waals surface area contributed by atoms with Crippen molar-refractivity contribution in [1.29, 1.82) is 0 Å². The third kappa shape index (κ3) is 4.54. The van der Waals surface area contributed by atoms with Gasteiger partial charge in [0.15, 0.2) is 0 Å². The van der Waals surface area contributed by atoms with Crippen LogP contribution in [0, 0.1) is 5.82 Å². The summed E-state index contributed by atoms with van der Waals surface area (Å²) >= 11 is 0. The Morgan fingerprint density at radius 1 is 1.13 bits per heavy atom. The average molecular weight is 317 g/mol. The number of methoxy groups -OCH3 is 1. The first kappa shape index (κ1) is 16.5. The molecule has 1 unspecified atom stereocenters. The number of carboxylic acid groups (broad SMARTS) is 1. The van der Waals surface area contributed by atoms with Crippen LogP contribution in [0.2, 0.25) is 0 Å². The van der Waals surface area contributed by atoms with Gasteiger partial charge in [-0.1, -0.05) is 12.1 Å². The lowest BCUT2D eigenvalue weighted by Gasteiger charge is -2.18. The van der Waals surface area contributed by atoms with Gasteiger partial charge >= 0.3 is 5.97 Å². The number of ether oxygens (including phenoxy) is 1. The van der Waals surface area contributed by atoms with E-state index in [-0.39, 0.29) is 12.0 Å². The van der Waals surface area contributed by atoms with Crippen LogP contribution in [0.3, 0.4) is 0 Å². The van der Waals surface area contributed by atoms with E-state index in [1.165, 1.54) is 31.4 Å². The van der Waals surface area contributed by atoms with Crippen molar-refractivity contribution in [3.05, 3.63) is 65.5 Å². The maximum atomic E-state index is 12.9. The van der Waals surface area contributed by atoms with E-state index < -0.39 is 23.7 Å². The van der Waals surface area contributed by atoms with E-state index in [0.717, 1.165) is 0 Å². The number of carbonyl (C=O) groups is 2. The fourth-order valence-corrected chi connectivity index (χ4v) is 2.11. The average Bonchev–Trinajstić information content (AvgIpc) is 2.54. The van der Waals surface area contributed by atoms with E-state index in [2.05, 4.69) is 5.32 Å². The molecular weight excluding hydrogens is 301 g/mol. The van der Waals surface area contributed by atoms with Gasteiger partial charge in [-0.2, -0.15) is 0 Å². The smallest absolute Gasteiger partial charge is 0.305 e. The van der Waals surface area contributed by atoms with Crippen LogP contribution in [0.25, 0.3) is 0 Å². The number of hydrogen-bond donors (Lipinski definition) is 2. The van der Waals surface area contributed by atoms with Gasteiger partial charge in [0.25, 0.3) is 5.91 Å². The molecule has 0 bridgehead atoms. The second kappa shape index (κ2) is 7.40. The van der Waals surface area contributed by atoms with Gasteiger partial charge in [-0.15, -0.1) is 0 Å². The van der Waals surface area contributed by atoms with E-state index in [9.17, 15) is 14.0 Å². The SMILES string of the molecule is COc1ccc(C(CC(=O)O)NC(=O)c2ccc(F)cc2)cc1. The molecule has 5 nitrogen and oxygen atoms in total. The summed E-state index contributed by atoms with van der Waals surface area (Å²) in [5.74, 6) is -1.32. The Balaban J connectivity index is 2.18. The molecular formula is C17H16FNO4. The lowest BCUT2D eigenvalue weighted by molar-refractivity contribution is -0.137. The molecule has 0 radical (unpaired) electrons. The number of rotatable bonds is 6. The molecule has 1 atom stereocenters. The van der Waals surface area contributed by atoms with Gasteiger partial charge in [-0.05, 0) is 42.0 Å². The van der Waals surface area contributed by atoms with Crippen LogP contribution in [0.5, 0.6) is 5.75 Å². The van der Waals surface area contributed by atoms with Crippen LogP contribution >= 0.6 is 0 Å². The predicted octanol–water partition coefficient (Wildman–Crippen LogP) is 2.78. The third-order valence-corrected chi connectivity index (χ3v) is 3.31. The quantitative estimate of drug-likeness (QED) is 0.859. The second-order valence-corrected chi connectivity index (χ2v) is 4.90. The maximum Gasteiger partial charge on any atom is 0.305 e. The minimum absolute atomic E-state index is 0.260. The topological polar surface area (TPSA) is 75.6 Å². The highest BCUT2D eigenvalue weighted by molar-refractivity contribution is 5.94. The van der Waals surface area contributed by atoms with E-state index >= 15 is 0 Å². The summed E-state index contributed by atoms with van der Waals surface area (Å²) < 4.78 is 18.0. The van der Waals surface area contributed by atoms with E-state index in [1.54, 1.807) is 24.3 Å². The van der Waals surface area contributed by atoms with Crippen molar-refractivity contribution in [2.75, 3.05) is 7.11 Å². The molecule has 1 amide bonds. The molecule has 0 aromatic heterocycles. The van der Waals surface area contributed by atoms with Crippen LogP contribution in [-0.4, -0.2) is 24.1 Å². The van der Waals surface area contributed by atoms with Crippen LogP contribution in [0.15, 0.2) is 48.5 Å². The summed E-state index contributed by atoms with van der Waals surface area (Å²) in [7, 11) is 1.53. The molecule has 2 N–H and O–H groups in total. The zero-order chi connectivity index (χ0) is 16.8. The fraction of sp³-hybridized carbons (Fsp3) is 0.176. The van der Waals surface area contributed by atoms with Crippen LogP contribution in [-0.2, 0) is 4.79 Å². The minimum atomic E-state index is -1.04. The molecule has 2 aromatic rings. The normalized spacial score (nSPS) is 11.6. The monoisotopic (exact) mass is 317 g/mol. The van der Waals surface area contributed by atoms with Crippen molar-refractivity contribution in [2.24, 2.45) is 0 Å². The Bertz CT molecular complexity index is 683. The predicted molar refractivity (Wildman–Crippen MR) is 81.9 cm³/mol. The molecule has 2 rings (SSSR count). The third-order valence-electron chi connectivity index (χ3n) is 3.31. The number of nitrogens with one attached hydrogen (secondary N) is 1. The van der Waals surface area contributed by atoms with Crippen molar-refractivity contribution >= 4 is 11.9 Å². The van der Waals surface area contributed by atoms with Gasteiger partial charge in [-0.25, -0.2) is 4.39 Å². The minimum Gasteiger partial charge on any atom is -0.497 e. The van der Waals surface area contributed by atoms with Gasteiger partial charge in [0.05, 0.1) is 19.6 Å². The summed E-state index contributed by atoms with van der Waals surface area (Å²) in [5.41, 5.74) is 0.902. The number of carbonyl (C=O) groups excluding carboxylic acids is 1. The van der Waals surface area contributed by atoms with Crippen molar-refractivity contribution in [3.8, 4) is 5.75 Å².